The Morgan fingerprint density at radius 3 is 2.27 bits per heavy atom. The van der Waals surface area contributed by atoms with Gasteiger partial charge in [-0.05, 0) is 54.1 Å². The summed E-state index contributed by atoms with van der Waals surface area (Å²) in [5, 5.41) is 0.698. The van der Waals surface area contributed by atoms with E-state index >= 15 is 0 Å². The first kappa shape index (κ1) is 16.6. The standard InChI is InChI=1S/C22H16BrNO2/c1-26-18-12-10-17(11-13-18)24-20-5-3-2-4-19(20)22(25)14-21(24)15-6-8-16(23)9-7-15/h2-14H,1H3. The van der Waals surface area contributed by atoms with E-state index in [2.05, 4.69) is 20.5 Å². The zero-order valence-electron chi connectivity index (χ0n) is 14.1. The van der Waals surface area contributed by atoms with Crippen molar-refractivity contribution in [2.24, 2.45) is 0 Å². The Morgan fingerprint density at radius 1 is 0.885 bits per heavy atom. The molecule has 0 unspecified atom stereocenters. The van der Waals surface area contributed by atoms with Crippen LogP contribution in [0.15, 0.2) is 88.1 Å². The van der Waals surface area contributed by atoms with Crippen molar-refractivity contribution in [2.75, 3.05) is 7.11 Å². The topological polar surface area (TPSA) is 31.2 Å². The van der Waals surface area contributed by atoms with E-state index in [9.17, 15) is 4.79 Å². The van der Waals surface area contributed by atoms with Crippen LogP contribution < -0.4 is 10.2 Å². The molecule has 0 aliphatic rings. The number of nitrogens with zero attached hydrogens (tertiary/aromatic N) is 1. The van der Waals surface area contributed by atoms with E-state index in [0.29, 0.717) is 5.39 Å². The summed E-state index contributed by atoms with van der Waals surface area (Å²) in [6.45, 7) is 0. The smallest absolute Gasteiger partial charge is 0.190 e. The van der Waals surface area contributed by atoms with E-state index in [-0.39, 0.29) is 5.43 Å². The van der Waals surface area contributed by atoms with E-state index in [1.807, 2.05) is 72.8 Å². The van der Waals surface area contributed by atoms with Crippen molar-refractivity contribution in [1.29, 1.82) is 0 Å². The monoisotopic (exact) mass is 405 g/mol. The highest BCUT2D eigenvalue weighted by Crippen LogP contribution is 2.28. The van der Waals surface area contributed by atoms with Crippen LogP contribution in [0.4, 0.5) is 0 Å². The molecule has 0 saturated carbocycles. The molecule has 0 atom stereocenters. The molecule has 0 aliphatic carbocycles. The van der Waals surface area contributed by atoms with E-state index in [4.69, 9.17) is 4.74 Å². The third-order valence-electron chi connectivity index (χ3n) is 4.39. The lowest BCUT2D eigenvalue weighted by Gasteiger charge is -2.18. The Kier molecular flexibility index (Phi) is 4.35. The molecule has 1 aromatic heterocycles. The van der Waals surface area contributed by atoms with Crippen LogP contribution in [0.25, 0.3) is 27.8 Å². The molecular formula is C22H16BrNO2. The lowest BCUT2D eigenvalue weighted by atomic mass is 10.1. The molecule has 0 saturated heterocycles. The number of para-hydroxylation sites is 1. The normalized spacial score (nSPS) is 10.8. The SMILES string of the molecule is COc1ccc(-n2c(-c3ccc(Br)cc3)cc(=O)c3ccccc32)cc1. The Hall–Kier alpha value is -2.85. The van der Waals surface area contributed by atoms with Crippen molar-refractivity contribution in [3.63, 3.8) is 0 Å². The third-order valence-corrected chi connectivity index (χ3v) is 4.92. The fourth-order valence-electron chi connectivity index (χ4n) is 3.12. The highest BCUT2D eigenvalue weighted by Gasteiger charge is 2.12. The summed E-state index contributed by atoms with van der Waals surface area (Å²) in [5.41, 5.74) is 3.70. The van der Waals surface area contributed by atoms with Gasteiger partial charge in [-0.1, -0.05) is 40.2 Å². The van der Waals surface area contributed by atoms with Gasteiger partial charge in [-0.2, -0.15) is 0 Å². The number of ether oxygens (including phenoxy) is 1. The number of hydrogen-bond donors (Lipinski definition) is 0. The van der Waals surface area contributed by atoms with Gasteiger partial charge in [0.2, 0.25) is 0 Å². The van der Waals surface area contributed by atoms with Crippen molar-refractivity contribution in [2.45, 2.75) is 0 Å². The van der Waals surface area contributed by atoms with Gasteiger partial charge in [-0.3, -0.25) is 4.79 Å². The zero-order valence-corrected chi connectivity index (χ0v) is 15.7. The molecule has 1 heterocycles. The van der Waals surface area contributed by atoms with Crippen molar-refractivity contribution in [3.05, 3.63) is 93.6 Å². The van der Waals surface area contributed by atoms with E-state index in [0.717, 1.165) is 32.7 Å². The van der Waals surface area contributed by atoms with Crippen molar-refractivity contribution >= 4 is 26.8 Å². The molecule has 0 aliphatic heterocycles. The van der Waals surface area contributed by atoms with Gasteiger partial charge in [0.1, 0.15) is 5.75 Å². The lowest BCUT2D eigenvalue weighted by Crippen LogP contribution is -2.10. The van der Waals surface area contributed by atoms with Crippen LogP contribution in [-0.4, -0.2) is 11.7 Å². The maximum absolute atomic E-state index is 12.7. The molecule has 0 fully saturated rings. The Labute approximate surface area is 159 Å². The largest absolute Gasteiger partial charge is 0.497 e. The molecule has 0 amide bonds. The first-order valence-electron chi connectivity index (χ1n) is 8.22. The van der Waals surface area contributed by atoms with Gasteiger partial charge >= 0.3 is 0 Å². The van der Waals surface area contributed by atoms with Gasteiger partial charge in [-0.15, -0.1) is 0 Å². The summed E-state index contributed by atoms with van der Waals surface area (Å²) in [6, 6.07) is 25.2. The first-order valence-corrected chi connectivity index (χ1v) is 9.02. The predicted molar refractivity (Wildman–Crippen MR) is 109 cm³/mol. The number of fused-ring (bicyclic) bond motifs is 1. The van der Waals surface area contributed by atoms with E-state index < -0.39 is 0 Å². The van der Waals surface area contributed by atoms with Gasteiger partial charge in [0.05, 0.1) is 18.3 Å². The highest BCUT2D eigenvalue weighted by atomic mass is 79.9. The minimum Gasteiger partial charge on any atom is -0.497 e. The third kappa shape index (κ3) is 2.93. The van der Waals surface area contributed by atoms with Gasteiger partial charge in [0, 0.05) is 21.6 Å². The molecule has 3 nitrogen and oxygen atoms in total. The molecule has 0 spiro atoms. The summed E-state index contributed by atoms with van der Waals surface area (Å²) in [6.07, 6.45) is 0. The lowest BCUT2D eigenvalue weighted by molar-refractivity contribution is 0.415. The molecule has 4 aromatic rings. The molecule has 128 valence electrons. The Bertz CT molecular complexity index is 1130. The number of methoxy groups -OCH3 is 1. The minimum atomic E-state index is 0.0169. The average molecular weight is 406 g/mol. The van der Waals surface area contributed by atoms with Crippen LogP contribution in [0.1, 0.15) is 0 Å². The van der Waals surface area contributed by atoms with Crippen molar-refractivity contribution in [1.82, 2.24) is 4.57 Å². The minimum absolute atomic E-state index is 0.0169. The molecule has 4 rings (SSSR count). The van der Waals surface area contributed by atoms with Crippen LogP contribution in [-0.2, 0) is 0 Å². The summed E-state index contributed by atoms with van der Waals surface area (Å²) in [5.74, 6) is 0.796. The predicted octanol–water partition coefficient (Wildman–Crippen LogP) is 5.43. The van der Waals surface area contributed by atoms with Crippen LogP contribution >= 0.6 is 15.9 Å². The number of aromatic nitrogens is 1. The van der Waals surface area contributed by atoms with Gasteiger partial charge in [0.25, 0.3) is 0 Å². The zero-order chi connectivity index (χ0) is 18.1. The molecule has 3 aromatic carbocycles. The summed E-state index contributed by atoms with van der Waals surface area (Å²) in [4.78, 5) is 12.7. The second-order valence-corrected chi connectivity index (χ2v) is 6.87. The maximum atomic E-state index is 12.7. The number of pyridine rings is 1. The first-order chi connectivity index (χ1) is 12.7. The number of rotatable bonds is 3. The molecule has 0 radical (unpaired) electrons. The quantitative estimate of drug-likeness (QED) is 0.455. The summed E-state index contributed by atoms with van der Waals surface area (Å²) in [7, 11) is 1.65. The summed E-state index contributed by atoms with van der Waals surface area (Å²) >= 11 is 3.47. The molecule has 4 heteroatoms. The summed E-state index contributed by atoms with van der Waals surface area (Å²) < 4.78 is 8.39. The van der Waals surface area contributed by atoms with E-state index in [1.54, 1.807) is 13.2 Å². The maximum Gasteiger partial charge on any atom is 0.190 e. The number of halogens is 1. The fourth-order valence-corrected chi connectivity index (χ4v) is 3.38. The average Bonchev–Trinajstić information content (AvgIpc) is 2.69. The van der Waals surface area contributed by atoms with Crippen LogP contribution in [0, 0.1) is 0 Å². The molecular weight excluding hydrogens is 390 g/mol. The molecule has 26 heavy (non-hydrogen) atoms. The second-order valence-electron chi connectivity index (χ2n) is 5.95. The molecule has 0 bridgehead atoms. The van der Waals surface area contributed by atoms with Gasteiger partial charge in [0.15, 0.2) is 5.43 Å². The number of hydrogen-bond acceptors (Lipinski definition) is 2. The van der Waals surface area contributed by atoms with Crippen LogP contribution in [0.3, 0.4) is 0 Å². The number of benzene rings is 3. The van der Waals surface area contributed by atoms with Gasteiger partial charge < -0.3 is 9.30 Å². The van der Waals surface area contributed by atoms with Crippen LogP contribution in [0.5, 0.6) is 5.75 Å². The van der Waals surface area contributed by atoms with Gasteiger partial charge in [-0.25, -0.2) is 0 Å². The van der Waals surface area contributed by atoms with Crippen molar-refractivity contribution in [3.8, 4) is 22.7 Å². The van der Waals surface area contributed by atoms with Crippen LogP contribution in [0.2, 0.25) is 0 Å². The Balaban J connectivity index is 2.07. The second kappa shape index (κ2) is 6.81. The highest BCUT2D eigenvalue weighted by molar-refractivity contribution is 9.10. The van der Waals surface area contributed by atoms with E-state index in [1.165, 1.54) is 0 Å². The Morgan fingerprint density at radius 2 is 1.58 bits per heavy atom. The van der Waals surface area contributed by atoms with Crippen molar-refractivity contribution < 1.29 is 4.74 Å². The molecule has 0 N–H and O–H groups in total. The fraction of sp³-hybridized carbons (Fsp3) is 0.0455.